The Hall–Kier alpha value is -3.11. The number of aliphatic hydroxyl groups is 1. The summed E-state index contributed by atoms with van der Waals surface area (Å²) >= 11 is 0. The maximum atomic E-state index is 12.3. The molecule has 0 aromatic heterocycles. The summed E-state index contributed by atoms with van der Waals surface area (Å²) in [6, 6.07) is 24.9. The standard InChI is InChI=1S/C22H20N2O2/c25-20-14-17-8-4-5-9-19(17)21(20)24-22(26)23-18-12-10-16(11-13-18)15-6-2-1-3-7-15/h1-13,20-21,25H,14H2,(H2,23,24,26)/t20-,21+/m0/s1. The number of aliphatic hydroxyl groups excluding tert-OH is 1. The minimum absolute atomic E-state index is 0.321. The van der Waals surface area contributed by atoms with Crippen LogP contribution >= 0.6 is 0 Å². The van der Waals surface area contributed by atoms with E-state index in [1.54, 1.807) is 0 Å². The number of hydrogen-bond acceptors (Lipinski definition) is 2. The van der Waals surface area contributed by atoms with Crippen molar-refractivity contribution in [3.63, 3.8) is 0 Å². The Labute approximate surface area is 152 Å². The summed E-state index contributed by atoms with van der Waals surface area (Å²) in [6.07, 6.45) is -0.0361. The second kappa shape index (κ2) is 7.02. The van der Waals surface area contributed by atoms with Gasteiger partial charge in [-0.3, -0.25) is 0 Å². The molecule has 4 rings (SSSR count). The topological polar surface area (TPSA) is 61.4 Å². The summed E-state index contributed by atoms with van der Waals surface area (Å²) in [5.74, 6) is 0. The lowest BCUT2D eigenvalue weighted by atomic mass is 10.1. The number of amides is 2. The van der Waals surface area contributed by atoms with E-state index < -0.39 is 6.10 Å². The van der Waals surface area contributed by atoms with Gasteiger partial charge in [-0.2, -0.15) is 0 Å². The lowest BCUT2D eigenvalue weighted by Crippen LogP contribution is -2.36. The second-order valence-corrected chi connectivity index (χ2v) is 6.49. The molecule has 0 saturated heterocycles. The minimum atomic E-state index is -0.599. The van der Waals surface area contributed by atoms with Crippen LogP contribution in [0, 0.1) is 0 Å². The molecule has 0 fully saturated rings. The molecule has 0 bridgehead atoms. The van der Waals surface area contributed by atoms with Crippen LogP contribution in [0.3, 0.4) is 0 Å². The van der Waals surface area contributed by atoms with Crippen LogP contribution in [-0.2, 0) is 6.42 Å². The van der Waals surface area contributed by atoms with Crippen LogP contribution in [0.2, 0.25) is 0 Å². The zero-order chi connectivity index (χ0) is 17.9. The molecule has 0 spiro atoms. The second-order valence-electron chi connectivity index (χ2n) is 6.49. The van der Waals surface area contributed by atoms with Crippen LogP contribution in [0.5, 0.6) is 0 Å². The van der Waals surface area contributed by atoms with E-state index in [-0.39, 0.29) is 12.1 Å². The molecular formula is C22H20N2O2. The zero-order valence-electron chi connectivity index (χ0n) is 14.2. The van der Waals surface area contributed by atoms with E-state index in [0.29, 0.717) is 12.1 Å². The number of hydrogen-bond donors (Lipinski definition) is 3. The van der Waals surface area contributed by atoms with Crippen molar-refractivity contribution in [3.8, 4) is 11.1 Å². The van der Waals surface area contributed by atoms with Gasteiger partial charge in [0.25, 0.3) is 0 Å². The number of rotatable bonds is 3. The van der Waals surface area contributed by atoms with Gasteiger partial charge in [0.15, 0.2) is 0 Å². The lowest BCUT2D eigenvalue weighted by molar-refractivity contribution is 0.144. The summed E-state index contributed by atoms with van der Waals surface area (Å²) in [6.45, 7) is 0. The first-order valence-corrected chi connectivity index (χ1v) is 8.69. The average molecular weight is 344 g/mol. The van der Waals surface area contributed by atoms with Gasteiger partial charge < -0.3 is 15.7 Å². The van der Waals surface area contributed by atoms with Crippen molar-refractivity contribution in [2.75, 3.05) is 5.32 Å². The number of carbonyl (C=O) groups excluding carboxylic acids is 1. The number of anilines is 1. The highest BCUT2D eigenvalue weighted by Gasteiger charge is 2.31. The Bertz CT molecular complexity index is 907. The molecule has 3 N–H and O–H groups in total. The van der Waals surface area contributed by atoms with Gasteiger partial charge >= 0.3 is 6.03 Å². The normalized spacial score (nSPS) is 18.2. The van der Waals surface area contributed by atoms with Crippen LogP contribution in [-0.4, -0.2) is 17.2 Å². The Morgan fingerprint density at radius 3 is 2.27 bits per heavy atom. The molecule has 0 radical (unpaired) electrons. The number of urea groups is 1. The molecule has 0 aliphatic heterocycles. The summed E-state index contributed by atoms with van der Waals surface area (Å²) < 4.78 is 0. The third-order valence-electron chi connectivity index (χ3n) is 4.74. The van der Waals surface area contributed by atoms with E-state index >= 15 is 0 Å². The van der Waals surface area contributed by atoms with Crippen LogP contribution < -0.4 is 10.6 Å². The summed E-state index contributed by atoms with van der Waals surface area (Å²) in [4.78, 5) is 12.3. The van der Waals surface area contributed by atoms with Crippen LogP contribution in [0.25, 0.3) is 11.1 Å². The Kier molecular flexibility index (Phi) is 4.42. The van der Waals surface area contributed by atoms with E-state index in [1.165, 1.54) is 0 Å². The fourth-order valence-corrected chi connectivity index (χ4v) is 3.43. The summed E-state index contributed by atoms with van der Waals surface area (Å²) in [5, 5.41) is 16.0. The van der Waals surface area contributed by atoms with Gasteiger partial charge in [-0.1, -0.05) is 66.7 Å². The first-order valence-electron chi connectivity index (χ1n) is 8.69. The third-order valence-corrected chi connectivity index (χ3v) is 4.74. The summed E-state index contributed by atoms with van der Waals surface area (Å²) in [5.41, 5.74) is 5.00. The van der Waals surface area contributed by atoms with Crippen molar-refractivity contribution in [3.05, 3.63) is 90.0 Å². The smallest absolute Gasteiger partial charge is 0.319 e. The molecule has 1 aliphatic rings. The number of carbonyl (C=O) groups is 1. The Morgan fingerprint density at radius 2 is 1.50 bits per heavy atom. The first kappa shape index (κ1) is 16.4. The van der Waals surface area contributed by atoms with Crippen molar-refractivity contribution in [2.45, 2.75) is 18.6 Å². The van der Waals surface area contributed by atoms with Gasteiger partial charge in [0, 0.05) is 12.1 Å². The fraction of sp³-hybridized carbons (Fsp3) is 0.136. The number of nitrogens with one attached hydrogen (secondary N) is 2. The molecular weight excluding hydrogens is 324 g/mol. The predicted molar refractivity (Wildman–Crippen MR) is 103 cm³/mol. The van der Waals surface area contributed by atoms with E-state index in [4.69, 9.17) is 0 Å². The van der Waals surface area contributed by atoms with Crippen LogP contribution in [0.1, 0.15) is 17.2 Å². The SMILES string of the molecule is O=C(Nc1ccc(-c2ccccc2)cc1)N[C@@H]1c2ccccc2C[C@@H]1O. The number of benzene rings is 3. The molecule has 26 heavy (non-hydrogen) atoms. The molecule has 0 unspecified atom stereocenters. The van der Waals surface area contributed by atoms with E-state index in [2.05, 4.69) is 10.6 Å². The quantitative estimate of drug-likeness (QED) is 0.669. The van der Waals surface area contributed by atoms with Gasteiger partial charge in [-0.05, 0) is 34.4 Å². The van der Waals surface area contributed by atoms with E-state index in [1.807, 2.05) is 78.9 Å². The van der Waals surface area contributed by atoms with Gasteiger partial charge in [-0.25, -0.2) is 4.79 Å². The van der Waals surface area contributed by atoms with E-state index in [0.717, 1.165) is 22.3 Å². The van der Waals surface area contributed by atoms with Crippen molar-refractivity contribution in [2.24, 2.45) is 0 Å². The minimum Gasteiger partial charge on any atom is -0.390 e. The molecule has 0 heterocycles. The van der Waals surface area contributed by atoms with Crippen molar-refractivity contribution >= 4 is 11.7 Å². The maximum absolute atomic E-state index is 12.3. The third kappa shape index (κ3) is 3.32. The molecule has 130 valence electrons. The lowest BCUT2D eigenvalue weighted by Gasteiger charge is -2.18. The van der Waals surface area contributed by atoms with Gasteiger partial charge in [-0.15, -0.1) is 0 Å². The largest absolute Gasteiger partial charge is 0.390 e. The van der Waals surface area contributed by atoms with Crippen molar-refractivity contribution < 1.29 is 9.90 Å². The number of fused-ring (bicyclic) bond motifs is 1. The van der Waals surface area contributed by atoms with Gasteiger partial charge in [0.1, 0.15) is 0 Å². The fourth-order valence-electron chi connectivity index (χ4n) is 3.43. The highest BCUT2D eigenvalue weighted by molar-refractivity contribution is 5.90. The molecule has 1 aliphatic carbocycles. The maximum Gasteiger partial charge on any atom is 0.319 e. The highest BCUT2D eigenvalue weighted by Crippen LogP contribution is 2.31. The van der Waals surface area contributed by atoms with Crippen LogP contribution in [0.4, 0.5) is 10.5 Å². The Morgan fingerprint density at radius 1 is 0.846 bits per heavy atom. The predicted octanol–water partition coefficient (Wildman–Crippen LogP) is 4.13. The van der Waals surface area contributed by atoms with Crippen LogP contribution in [0.15, 0.2) is 78.9 Å². The molecule has 2 amide bonds. The molecule has 3 aromatic carbocycles. The van der Waals surface area contributed by atoms with Crippen molar-refractivity contribution in [1.29, 1.82) is 0 Å². The monoisotopic (exact) mass is 344 g/mol. The Balaban J connectivity index is 1.42. The van der Waals surface area contributed by atoms with Gasteiger partial charge in [0.2, 0.25) is 0 Å². The first-order chi connectivity index (χ1) is 12.7. The van der Waals surface area contributed by atoms with Gasteiger partial charge in [0.05, 0.1) is 12.1 Å². The molecule has 4 nitrogen and oxygen atoms in total. The van der Waals surface area contributed by atoms with E-state index in [9.17, 15) is 9.90 Å². The molecule has 2 atom stereocenters. The average Bonchev–Trinajstić information content (AvgIpc) is 2.98. The molecule has 4 heteroatoms. The highest BCUT2D eigenvalue weighted by atomic mass is 16.3. The molecule has 0 saturated carbocycles. The zero-order valence-corrected chi connectivity index (χ0v) is 14.2. The van der Waals surface area contributed by atoms with Crippen molar-refractivity contribution in [1.82, 2.24) is 5.32 Å². The molecule has 3 aromatic rings. The summed E-state index contributed by atoms with van der Waals surface area (Å²) in [7, 11) is 0.